The van der Waals surface area contributed by atoms with Crippen molar-refractivity contribution in [3.05, 3.63) is 0 Å². The third-order valence-corrected chi connectivity index (χ3v) is 1.47. The molecule has 2 amide bonds. The van der Waals surface area contributed by atoms with Crippen LogP contribution in [0, 0.1) is 5.92 Å². The molecular weight excluding hydrogens is 217 g/mol. The quantitative estimate of drug-likeness (QED) is 0.628. The number of hydrogen-bond donors (Lipinski definition) is 3. The number of aliphatic carboxylic acids is 1. The summed E-state index contributed by atoms with van der Waals surface area (Å²) in [6.07, 6.45) is -4.87. The molecule has 0 fully saturated rings. The second kappa shape index (κ2) is 4.85. The summed E-state index contributed by atoms with van der Waals surface area (Å²) in [6.45, 7) is 2.93. The van der Waals surface area contributed by atoms with Gasteiger partial charge in [-0.15, -0.1) is 0 Å². The van der Waals surface area contributed by atoms with Crippen LogP contribution in [0.2, 0.25) is 0 Å². The Hall–Kier alpha value is -1.47. The zero-order valence-corrected chi connectivity index (χ0v) is 8.05. The molecule has 5 nitrogen and oxygen atoms in total. The molecule has 0 aliphatic rings. The van der Waals surface area contributed by atoms with Gasteiger partial charge in [-0.05, 0) is 5.92 Å². The fourth-order valence-corrected chi connectivity index (χ4v) is 0.820. The van der Waals surface area contributed by atoms with E-state index in [1.807, 2.05) is 0 Å². The SMILES string of the molecule is CC(C)C(NC(=O)NC(F)(F)F)C(=O)O. The predicted molar refractivity (Wildman–Crippen MR) is 44.0 cm³/mol. The first kappa shape index (κ1) is 13.5. The molecule has 1 atom stereocenters. The minimum atomic E-state index is -4.87. The first-order valence-corrected chi connectivity index (χ1v) is 4.01. The van der Waals surface area contributed by atoms with Gasteiger partial charge in [0, 0.05) is 0 Å². The molecule has 0 aromatic carbocycles. The van der Waals surface area contributed by atoms with Crippen molar-refractivity contribution in [2.45, 2.75) is 26.2 Å². The first-order chi connectivity index (χ1) is 6.63. The second-order valence-corrected chi connectivity index (χ2v) is 3.16. The highest BCUT2D eigenvalue weighted by molar-refractivity contribution is 5.82. The third-order valence-electron chi connectivity index (χ3n) is 1.47. The van der Waals surface area contributed by atoms with Crippen LogP contribution in [0.25, 0.3) is 0 Å². The highest BCUT2D eigenvalue weighted by Crippen LogP contribution is 2.09. The van der Waals surface area contributed by atoms with Gasteiger partial charge in [-0.3, -0.25) is 0 Å². The summed E-state index contributed by atoms with van der Waals surface area (Å²) in [4.78, 5) is 21.2. The summed E-state index contributed by atoms with van der Waals surface area (Å²) >= 11 is 0. The Labute approximate surface area is 83.6 Å². The lowest BCUT2D eigenvalue weighted by atomic mass is 10.1. The van der Waals surface area contributed by atoms with E-state index in [2.05, 4.69) is 0 Å². The summed E-state index contributed by atoms with van der Waals surface area (Å²) in [7, 11) is 0. The van der Waals surface area contributed by atoms with E-state index in [0.717, 1.165) is 0 Å². The van der Waals surface area contributed by atoms with Crippen molar-refractivity contribution in [3.8, 4) is 0 Å². The minimum absolute atomic E-state index is 0.513. The van der Waals surface area contributed by atoms with Gasteiger partial charge in [0.15, 0.2) is 0 Å². The summed E-state index contributed by atoms with van der Waals surface area (Å²) in [5.74, 6) is -1.90. The number of carboxylic acid groups (broad SMARTS) is 1. The molecule has 0 aliphatic heterocycles. The number of urea groups is 1. The van der Waals surface area contributed by atoms with Crippen LogP contribution in [0.5, 0.6) is 0 Å². The van der Waals surface area contributed by atoms with Crippen LogP contribution >= 0.6 is 0 Å². The van der Waals surface area contributed by atoms with E-state index in [0.29, 0.717) is 5.32 Å². The number of carboxylic acids is 1. The van der Waals surface area contributed by atoms with E-state index in [9.17, 15) is 22.8 Å². The fourth-order valence-electron chi connectivity index (χ4n) is 0.820. The Morgan fingerprint density at radius 3 is 2.00 bits per heavy atom. The van der Waals surface area contributed by atoms with Crippen LogP contribution in [0.3, 0.4) is 0 Å². The number of carbonyl (C=O) groups is 2. The Balaban J connectivity index is 4.31. The Kier molecular flexibility index (Phi) is 4.38. The molecule has 3 N–H and O–H groups in total. The van der Waals surface area contributed by atoms with E-state index in [1.165, 1.54) is 13.8 Å². The van der Waals surface area contributed by atoms with E-state index in [4.69, 9.17) is 5.11 Å². The van der Waals surface area contributed by atoms with Crippen LogP contribution in [0.4, 0.5) is 18.0 Å². The monoisotopic (exact) mass is 228 g/mol. The third kappa shape index (κ3) is 5.76. The maximum Gasteiger partial charge on any atom is 0.485 e. The number of hydrogen-bond acceptors (Lipinski definition) is 2. The average Bonchev–Trinajstić information content (AvgIpc) is 1.95. The van der Waals surface area contributed by atoms with Crippen LogP contribution < -0.4 is 10.6 Å². The molecular formula is C7H11F3N2O3. The van der Waals surface area contributed by atoms with Crippen molar-refractivity contribution in [2.75, 3.05) is 0 Å². The molecule has 0 rings (SSSR count). The van der Waals surface area contributed by atoms with Crippen molar-refractivity contribution in [3.63, 3.8) is 0 Å². The van der Waals surface area contributed by atoms with E-state index in [1.54, 1.807) is 5.32 Å². The highest BCUT2D eigenvalue weighted by atomic mass is 19.4. The van der Waals surface area contributed by atoms with Gasteiger partial charge in [0.1, 0.15) is 6.04 Å². The number of alkyl halides is 3. The molecule has 8 heteroatoms. The Morgan fingerprint density at radius 1 is 1.27 bits per heavy atom. The lowest BCUT2D eigenvalue weighted by Crippen LogP contribution is -2.52. The second-order valence-electron chi connectivity index (χ2n) is 3.16. The van der Waals surface area contributed by atoms with Crippen molar-refractivity contribution in [1.29, 1.82) is 0 Å². The average molecular weight is 228 g/mol. The molecule has 0 radical (unpaired) electrons. The number of rotatable bonds is 3. The topological polar surface area (TPSA) is 78.4 Å². The molecule has 0 heterocycles. The van der Waals surface area contributed by atoms with Gasteiger partial charge < -0.3 is 10.4 Å². The molecule has 0 aromatic rings. The number of nitrogens with one attached hydrogen (secondary N) is 2. The molecule has 88 valence electrons. The molecule has 1 unspecified atom stereocenters. The van der Waals surface area contributed by atoms with E-state index in [-0.39, 0.29) is 0 Å². The lowest BCUT2D eigenvalue weighted by molar-refractivity contribution is -0.147. The molecule has 0 aromatic heterocycles. The summed E-state index contributed by atoms with van der Waals surface area (Å²) in [6, 6.07) is -2.93. The predicted octanol–water partition coefficient (Wildman–Crippen LogP) is 0.915. The van der Waals surface area contributed by atoms with Crippen LogP contribution in [-0.2, 0) is 4.79 Å². The zero-order valence-electron chi connectivity index (χ0n) is 8.05. The van der Waals surface area contributed by atoms with Gasteiger partial charge in [0.05, 0.1) is 0 Å². The Bertz CT molecular complexity index is 252. The number of carbonyl (C=O) groups excluding carboxylic acids is 1. The van der Waals surface area contributed by atoms with Crippen LogP contribution in [0.15, 0.2) is 0 Å². The fraction of sp³-hybridized carbons (Fsp3) is 0.714. The summed E-state index contributed by atoms with van der Waals surface area (Å²) in [5, 5.41) is 10.9. The molecule has 15 heavy (non-hydrogen) atoms. The van der Waals surface area contributed by atoms with Gasteiger partial charge in [-0.2, -0.15) is 13.2 Å². The van der Waals surface area contributed by atoms with Gasteiger partial charge >= 0.3 is 18.3 Å². The normalized spacial score (nSPS) is 13.5. The summed E-state index contributed by atoms with van der Waals surface area (Å²) < 4.78 is 34.9. The van der Waals surface area contributed by atoms with Gasteiger partial charge in [0.2, 0.25) is 0 Å². The maximum atomic E-state index is 11.6. The van der Waals surface area contributed by atoms with E-state index < -0.39 is 30.3 Å². The molecule has 0 bridgehead atoms. The zero-order chi connectivity index (χ0) is 12.2. The molecule has 0 saturated carbocycles. The van der Waals surface area contributed by atoms with Crippen molar-refractivity contribution < 1.29 is 27.9 Å². The van der Waals surface area contributed by atoms with Crippen molar-refractivity contribution in [1.82, 2.24) is 10.6 Å². The van der Waals surface area contributed by atoms with Crippen LogP contribution in [0.1, 0.15) is 13.8 Å². The Morgan fingerprint density at radius 2 is 1.73 bits per heavy atom. The van der Waals surface area contributed by atoms with Crippen molar-refractivity contribution in [2.24, 2.45) is 5.92 Å². The molecule has 0 spiro atoms. The maximum absolute atomic E-state index is 11.6. The standard InChI is InChI=1S/C7H11F3N2O3/c1-3(2)4(5(13)14)11-6(15)12-7(8,9)10/h3-4H,1-2H3,(H,13,14)(H2,11,12,15). The van der Waals surface area contributed by atoms with Gasteiger partial charge in [-0.1, -0.05) is 13.8 Å². The van der Waals surface area contributed by atoms with Crippen LogP contribution in [-0.4, -0.2) is 29.4 Å². The first-order valence-electron chi connectivity index (χ1n) is 4.01. The van der Waals surface area contributed by atoms with Crippen molar-refractivity contribution >= 4 is 12.0 Å². The summed E-state index contributed by atoms with van der Waals surface area (Å²) in [5.41, 5.74) is 0. The molecule has 0 aliphatic carbocycles. The number of amides is 2. The number of halogens is 3. The van der Waals surface area contributed by atoms with Gasteiger partial charge in [-0.25, -0.2) is 14.9 Å². The highest BCUT2D eigenvalue weighted by Gasteiger charge is 2.32. The lowest BCUT2D eigenvalue weighted by Gasteiger charge is -2.18. The molecule has 0 saturated heterocycles. The van der Waals surface area contributed by atoms with E-state index >= 15 is 0 Å². The van der Waals surface area contributed by atoms with Gasteiger partial charge in [0.25, 0.3) is 0 Å². The smallest absolute Gasteiger partial charge is 0.480 e. The largest absolute Gasteiger partial charge is 0.485 e. The minimum Gasteiger partial charge on any atom is -0.480 e.